The second kappa shape index (κ2) is 8.11. The van der Waals surface area contributed by atoms with E-state index in [9.17, 15) is 16.8 Å². The number of hydrogen-bond donors (Lipinski definition) is 1. The fraction of sp³-hybridized carbons (Fsp3) is 0.571. The molecule has 1 aromatic rings. The van der Waals surface area contributed by atoms with Crippen LogP contribution in [0.25, 0.3) is 0 Å². The van der Waals surface area contributed by atoms with Crippen LogP contribution in [0.2, 0.25) is 0 Å². The lowest BCUT2D eigenvalue weighted by molar-refractivity contribution is 0.451. The highest BCUT2D eigenvalue weighted by molar-refractivity contribution is 7.90. The molecule has 0 radical (unpaired) electrons. The predicted octanol–water partition coefficient (Wildman–Crippen LogP) is 0.589. The summed E-state index contributed by atoms with van der Waals surface area (Å²) in [6.07, 6.45) is 0.801. The molecule has 0 aliphatic carbocycles. The van der Waals surface area contributed by atoms with E-state index in [2.05, 4.69) is 5.32 Å². The smallest absolute Gasteiger partial charge is 0.243 e. The first-order valence-electron chi connectivity index (χ1n) is 7.37. The van der Waals surface area contributed by atoms with E-state index in [-0.39, 0.29) is 28.1 Å². The Morgan fingerprint density at radius 2 is 1.83 bits per heavy atom. The molecular weight excluding hydrogens is 374 g/mol. The number of nitrogens with one attached hydrogen (secondary N) is 1. The van der Waals surface area contributed by atoms with E-state index in [0.717, 1.165) is 17.3 Å². The summed E-state index contributed by atoms with van der Waals surface area (Å²) in [7, 11) is -2.67. The molecule has 1 fully saturated rings. The second-order valence-corrected chi connectivity index (χ2v) is 9.93. The van der Waals surface area contributed by atoms with Gasteiger partial charge in [-0.25, -0.2) is 21.1 Å². The van der Waals surface area contributed by atoms with Gasteiger partial charge in [-0.3, -0.25) is 0 Å². The van der Waals surface area contributed by atoms with Crippen molar-refractivity contribution >= 4 is 32.5 Å². The molecule has 10 heteroatoms. The molecular formula is C14H24ClN3O4S2. The summed E-state index contributed by atoms with van der Waals surface area (Å²) in [5, 5.41) is 3.06. The molecule has 0 saturated carbocycles. The molecule has 1 aliphatic rings. The van der Waals surface area contributed by atoms with E-state index in [1.165, 1.54) is 42.7 Å². The highest BCUT2D eigenvalue weighted by Crippen LogP contribution is 2.26. The van der Waals surface area contributed by atoms with Crippen LogP contribution < -0.4 is 5.32 Å². The van der Waals surface area contributed by atoms with Crippen molar-refractivity contribution in [2.24, 2.45) is 5.92 Å². The van der Waals surface area contributed by atoms with E-state index < -0.39 is 20.0 Å². The molecule has 0 bridgehead atoms. The van der Waals surface area contributed by atoms with Crippen LogP contribution in [0.1, 0.15) is 6.42 Å². The third-order valence-corrected chi connectivity index (χ3v) is 7.64. The van der Waals surface area contributed by atoms with E-state index in [1.807, 2.05) is 7.05 Å². The van der Waals surface area contributed by atoms with Gasteiger partial charge in [-0.05, 0) is 44.1 Å². The highest BCUT2D eigenvalue weighted by atomic mass is 35.5. The van der Waals surface area contributed by atoms with Crippen LogP contribution in [0.5, 0.6) is 0 Å². The minimum Gasteiger partial charge on any atom is -0.319 e. The maximum absolute atomic E-state index is 12.7. The first-order chi connectivity index (χ1) is 10.7. The van der Waals surface area contributed by atoms with E-state index >= 15 is 0 Å². The SMILES string of the molecule is CNCC1CCN(S(=O)(=O)c2cccc(S(=O)(=O)N(C)C)c2)C1.Cl. The molecule has 1 N–H and O–H groups in total. The maximum atomic E-state index is 12.7. The molecule has 0 amide bonds. The summed E-state index contributed by atoms with van der Waals surface area (Å²) < 4.78 is 52.3. The zero-order valence-corrected chi connectivity index (χ0v) is 16.4. The quantitative estimate of drug-likeness (QED) is 0.759. The van der Waals surface area contributed by atoms with E-state index in [4.69, 9.17) is 0 Å². The normalized spacial score (nSPS) is 19.4. The van der Waals surface area contributed by atoms with Gasteiger partial charge < -0.3 is 5.32 Å². The van der Waals surface area contributed by atoms with Gasteiger partial charge in [0, 0.05) is 27.2 Å². The molecule has 2 rings (SSSR count). The summed E-state index contributed by atoms with van der Waals surface area (Å²) in [4.78, 5) is 0.0000736. The lowest BCUT2D eigenvalue weighted by Crippen LogP contribution is -2.30. The minimum atomic E-state index is -3.68. The summed E-state index contributed by atoms with van der Waals surface area (Å²) in [6, 6.07) is 5.54. The first kappa shape index (κ1) is 21.3. The Labute approximate surface area is 150 Å². The van der Waals surface area contributed by atoms with Crippen molar-refractivity contribution in [3.8, 4) is 0 Å². The average Bonchev–Trinajstić information content (AvgIpc) is 2.97. The summed E-state index contributed by atoms with van der Waals surface area (Å²) in [5.41, 5.74) is 0. The van der Waals surface area contributed by atoms with Gasteiger partial charge in [-0.15, -0.1) is 12.4 Å². The number of rotatable bonds is 6. The maximum Gasteiger partial charge on any atom is 0.243 e. The molecule has 7 nitrogen and oxygen atoms in total. The zero-order chi connectivity index (χ0) is 17.3. The van der Waals surface area contributed by atoms with Crippen LogP contribution in [-0.2, 0) is 20.0 Å². The lowest BCUT2D eigenvalue weighted by Gasteiger charge is -2.18. The number of sulfonamides is 2. The molecule has 1 atom stereocenters. The number of benzene rings is 1. The molecule has 0 spiro atoms. The van der Waals surface area contributed by atoms with Crippen molar-refractivity contribution in [3.05, 3.63) is 24.3 Å². The Kier molecular flexibility index (Phi) is 7.21. The Balaban J connectivity index is 0.00000288. The van der Waals surface area contributed by atoms with Crippen molar-refractivity contribution in [1.29, 1.82) is 0 Å². The monoisotopic (exact) mass is 397 g/mol. The van der Waals surface area contributed by atoms with Crippen LogP contribution in [-0.4, -0.2) is 66.2 Å². The standard InChI is InChI=1S/C14H23N3O4S2.ClH/c1-15-10-12-7-8-17(11-12)23(20,21)14-6-4-5-13(9-14)22(18,19)16(2)3;/h4-6,9,12,15H,7-8,10-11H2,1-3H3;1H. The number of hydrogen-bond acceptors (Lipinski definition) is 5. The first-order valence-corrected chi connectivity index (χ1v) is 10.2. The Morgan fingerprint density at radius 3 is 2.42 bits per heavy atom. The predicted molar refractivity (Wildman–Crippen MR) is 95.4 cm³/mol. The van der Waals surface area contributed by atoms with E-state index in [0.29, 0.717) is 13.1 Å². The summed E-state index contributed by atoms with van der Waals surface area (Å²) >= 11 is 0. The third kappa shape index (κ3) is 4.27. The lowest BCUT2D eigenvalue weighted by atomic mass is 10.1. The van der Waals surface area contributed by atoms with Crippen molar-refractivity contribution in [1.82, 2.24) is 13.9 Å². The Morgan fingerprint density at radius 1 is 1.21 bits per heavy atom. The van der Waals surface area contributed by atoms with Crippen molar-refractivity contribution < 1.29 is 16.8 Å². The van der Waals surface area contributed by atoms with Crippen LogP contribution in [0.3, 0.4) is 0 Å². The Bertz CT molecular complexity index is 766. The van der Waals surface area contributed by atoms with Gasteiger partial charge in [0.25, 0.3) is 0 Å². The van der Waals surface area contributed by atoms with Gasteiger partial charge in [0.05, 0.1) is 9.79 Å². The molecule has 0 aromatic heterocycles. The van der Waals surface area contributed by atoms with Gasteiger partial charge in [-0.1, -0.05) is 6.07 Å². The fourth-order valence-electron chi connectivity index (χ4n) is 2.63. The van der Waals surface area contributed by atoms with Gasteiger partial charge in [0.1, 0.15) is 0 Å². The number of halogens is 1. The molecule has 1 heterocycles. The topological polar surface area (TPSA) is 86.8 Å². The van der Waals surface area contributed by atoms with Gasteiger partial charge in [-0.2, -0.15) is 4.31 Å². The van der Waals surface area contributed by atoms with Gasteiger partial charge in [0.15, 0.2) is 0 Å². The molecule has 1 unspecified atom stereocenters. The van der Waals surface area contributed by atoms with Gasteiger partial charge in [0.2, 0.25) is 20.0 Å². The second-order valence-electron chi connectivity index (χ2n) is 5.84. The largest absolute Gasteiger partial charge is 0.319 e. The molecule has 138 valence electrons. The molecule has 24 heavy (non-hydrogen) atoms. The highest BCUT2D eigenvalue weighted by Gasteiger charge is 2.32. The van der Waals surface area contributed by atoms with Crippen LogP contribution >= 0.6 is 12.4 Å². The van der Waals surface area contributed by atoms with Crippen LogP contribution in [0, 0.1) is 5.92 Å². The average molecular weight is 398 g/mol. The molecule has 1 aromatic carbocycles. The van der Waals surface area contributed by atoms with Crippen molar-refractivity contribution in [3.63, 3.8) is 0 Å². The van der Waals surface area contributed by atoms with Crippen molar-refractivity contribution in [2.75, 3.05) is 40.8 Å². The van der Waals surface area contributed by atoms with Crippen LogP contribution in [0.15, 0.2) is 34.1 Å². The molecule has 1 aliphatic heterocycles. The summed E-state index contributed by atoms with van der Waals surface area (Å²) in [6.45, 7) is 1.67. The minimum absolute atomic E-state index is 0. The molecule has 1 saturated heterocycles. The number of nitrogens with zero attached hydrogens (tertiary/aromatic N) is 2. The Hall–Kier alpha value is -0.710. The van der Waals surface area contributed by atoms with Crippen LogP contribution in [0.4, 0.5) is 0 Å². The van der Waals surface area contributed by atoms with Crippen molar-refractivity contribution in [2.45, 2.75) is 16.2 Å². The summed E-state index contributed by atoms with van der Waals surface area (Å²) in [5.74, 6) is 0.281. The fourth-order valence-corrected chi connectivity index (χ4v) is 5.23. The zero-order valence-electron chi connectivity index (χ0n) is 14.0. The van der Waals surface area contributed by atoms with Gasteiger partial charge >= 0.3 is 0 Å². The third-order valence-electron chi connectivity index (χ3n) is 3.96. The van der Waals surface area contributed by atoms with E-state index in [1.54, 1.807) is 0 Å².